The number of carbonyl (C=O) groups excluding carboxylic acids is 9. The summed E-state index contributed by atoms with van der Waals surface area (Å²) in [4.78, 5) is 122. The fourth-order valence-electron chi connectivity index (χ4n) is 8.53. The van der Waals surface area contributed by atoms with E-state index in [9.17, 15) is 47.9 Å². The molecule has 7 rings (SSSR count). The zero-order valence-corrected chi connectivity index (χ0v) is 55.1. The van der Waals surface area contributed by atoms with Crippen molar-refractivity contribution in [3.05, 3.63) is 82.7 Å². The number of rotatable bonds is 23. The van der Waals surface area contributed by atoms with Gasteiger partial charge in [-0.25, -0.2) is 24.4 Å². The maximum Gasteiger partial charge on any atom is 0.356 e. The standard InChI is InChI=1S/C14H24N2O4.C14H18N2O4.2C13H21N3O3.C9H9NO4/c2*1-4-20-14(19)11-6-5-10(7-15-11)13(18)16-8-12(17)9(2)3;2*1-4-18-13(17)10-6-5-9(7-14-10)12-16-15-11(19-12)8(2)3;1-2-14-9(13)7-4-3-6(5-10-7)8(11)12/h9-11,15H,4-8H2,1-3H3,(H,16,18);5-7,9H,4,8H2,1-3H3,(H,16,18);2*8-10,14H,4-7H2,1-3H3;3-5H,2H2,1H3,(H,11,12)/t10-,11-;;9-,10+;9-,10-;/m0.00./s1. The molecule has 6 atom stereocenters. The average Bonchev–Trinajstić information content (AvgIpc) is 1.84. The third-order valence-corrected chi connectivity index (χ3v) is 14.1. The van der Waals surface area contributed by atoms with Crippen LogP contribution in [-0.4, -0.2) is 179 Å². The number of hydrogen-bond donors (Lipinski definition) is 6. The van der Waals surface area contributed by atoms with Crippen molar-refractivity contribution in [2.24, 2.45) is 17.8 Å². The van der Waals surface area contributed by atoms with Gasteiger partial charge in [-0.3, -0.25) is 33.6 Å². The molecular weight excluding hydrogens is 1200 g/mol. The average molecular weight is 1290 g/mol. The van der Waals surface area contributed by atoms with Crippen LogP contribution in [0.3, 0.4) is 0 Å². The van der Waals surface area contributed by atoms with E-state index in [4.69, 9.17) is 32.9 Å². The summed E-state index contributed by atoms with van der Waals surface area (Å²) in [7, 11) is 0. The molecule has 6 N–H and O–H groups in total. The molecule has 3 aliphatic rings. The number of piperidine rings is 3. The quantitative estimate of drug-likeness (QED) is 0.0388. The molecule has 29 heteroatoms. The van der Waals surface area contributed by atoms with E-state index in [1.165, 1.54) is 30.5 Å². The molecule has 0 bridgehead atoms. The van der Waals surface area contributed by atoms with Crippen LogP contribution in [0.2, 0.25) is 0 Å². The third-order valence-electron chi connectivity index (χ3n) is 14.1. The van der Waals surface area contributed by atoms with Gasteiger partial charge < -0.3 is 64.2 Å². The second-order valence-corrected chi connectivity index (χ2v) is 22.5. The Morgan fingerprint density at radius 1 is 0.500 bits per heavy atom. The Balaban J connectivity index is 0.000000302. The van der Waals surface area contributed by atoms with E-state index in [1.807, 2.05) is 41.5 Å². The van der Waals surface area contributed by atoms with Crippen molar-refractivity contribution < 1.29 is 85.6 Å². The molecule has 508 valence electrons. The number of amides is 2. The number of Topliss-reactive ketones (excluding diaryl/α,β-unsaturated/α-hetero) is 2. The van der Waals surface area contributed by atoms with Gasteiger partial charge in [0.1, 0.15) is 29.5 Å². The Bertz CT molecular complexity index is 2880. The summed E-state index contributed by atoms with van der Waals surface area (Å²) in [6.45, 7) is 27.6. The summed E-state index contributed by atoms with van der Waals surface area (Å²) in [5.74, 6) is -0.199. The number of esters is 5. The van der Waals surface area contributed by atoms with Gasteiger partial charge in [0.05, 0.1) is 63.2 Å². The molecule has 0 saturated carbocycles. The molecule has 0 aliphatic carbocycles. The number of nitrogens with one attached hydrogen (secondary N) is 5. The van der Waals surface area contributed by atoms with E-state index in [-0.39, 0.29) is 144 Å². The molecular formula is C63H93N11O18. The topological polar surface area (TPSA) is 401 Å². The molecule has 0 spiro atoms. The van der Waals surface area contributed by atoms with Gasteiger partial charge in [-0.05, 0) is 97.4 Å². The number of nitrogens with zero attached hydrogens (tertiary/aromatic N) is 6. The van der Waals surface area contributed by atoms with Gasteiger partial charge in [0, 0.05) is 67.5 Å². The Labute approximate surface area is 536 Å². The molecule has 7 heterocycles. The smallest absolute Gasteiger partial charge is 0.356 e. The monoisotopic (exact) mass is 1290 g/mol. The Morgan fingerprint density at radius 2 is 0.880 bits per heavy atom. The van der Waals surface area contributed by atoms with Crippen molar-refractivity contribution in [1.29, 1.82) is 0 Å². The van der Waals surface area contributed by atoms with Crippen LogP contribution in [0.1, 0.15) is 217 Å². The Morgan fingerprint density at radius 3 is 1.18 bits per heavy atom. The summed E-state index contributed by atoms with van der Waals surface area (Å²) < 4.78 is 35.7. The number of aromatic carboxylic acids is 1. The predicted molar refractivity (Wildman–Crippen MR) is 331 cm³/mol. The lowest BCUT2D eigenvalue weighted by atomic mass is 9.94. The molecule has 3 aliphatic heterocycles. The van der Waals surface area contributed by atoms with Crippen molar-refractivity contribution in [2.75, 3.05) is 65.8 Å². The van der Waals surface area contributed by atoms with Crippen LogP contribution >= 0.6 is 0 Å². The number of ether oxygens (including phenoxy) is 5. The highest BCUT2D eigenvalue weighted by Crippen LogP contribution is 2.28. The number of aromatic nitrogens is 6. The van der Waals surface area contributed by atoms with Gasteiger partial charge in [0.15, 0.2) is 11.6 Å². The predicted octanol–water partition coefficient (Wildman–Crippen LogP) is 5.61. The molecule has 0 aromatic carbocycles. The first kappa shape index (κ1) is 77.8. The van der Waals surface area contributed by atoms with E-state index in [1.54, 1.807) is 48.5 Å². The van der Waals surface area contributed by atoms with Gasteiger partial charge >= 0.3 is 35.8 Å². The molecule has 4 aromatic rings. The highest BCUT2D eigenvalue weighted by Gasteiger charge is 2.33. The molecule has 92 heavy (non-hydrogen) atoms. The minimum absolute atomic E-state index is 0.0177. The highest BCUT2D eigenvalue weighted by molar-refractivity contribution is 5.97. The van der Waals surface area contributed by atoms with Crippen molar-refractivity contribution in [3.8, 4) is 0 Å². The molecule has 3 fully saturated rings. The first-order valence-corrected chi connectivity index (χ1v) is 31.3. The molecule has 0 radical (unpaired) electrons. The van der Waals surface area contributed by atoms with E-state index in [2.05, 4.69) is 61.7 Å². The summed E-state index contributed by atoms with van der Waals surface area (Å²) in [6, 6.07) is 4.78. The lowest BCUT2D eigenvalue weighted by Crippen LogP contribution is -2.49. The molecule has 3 saturated heterocycles. The molecule has 0 unspecified atom stereocenters. The first-order valence-electron chi connectivity index (χ1n) is 31.3. The largest absolute Gasteiger partial charge is 0.478 e. The number of carboxylic acids is 1. The maximum absolute atomic E-state index is 11.9. The minimum Gasteiger partial charge on any atom is -0.478 e. The SMILES string of the molecule is CCOC(=O)[C@@H]1CC[C@H](C(=O)NCC(=O)C(C)C)CN1.CCOC(=O)[C@@H]1CC[C@H](c2nnc(C(C)C)o2)CN1.CCOC(=O)[C@H]1CC[C@H](c2nnc(C(C)C)o2)CN1.CCOC(=O)c1ccc(C(=O)NCC(=O)C(C)C)cn1.CCOC(=O)c1ccc(C(=O)O)cn1. The highest BCUT2D eigenvalue weighted by atomic mass is 16.5. The second kappa shape index (κ2) is 41.1. The van der Waals surface area contributed by atoms with Crippen LogP contribution in [0.4, 0.5) is 0 Å². The fraction of sp³-hybridized carbons (Fsp3) is 0.619. The summed E-state index contributed by atoms with van der Waals surface area (Å²) in [6.07, 6.45) is 6.79. The van der Waals surface area contributed by atoms with Crippen LogP contribution in [0.15, 0.2) is 45.5 Å². The number of carboxylic acid groups (broad SMARTS) is 1. The number of pyridine rings is 2. The number of carbonyl (C=O) groups is 10. The number of hydrogen-bond acceptors (Lipinski definition) is 26. The van der Waals surface area contributed by atoms with Crippen LogP contribution < -0.4 is 26.6 Å². The maximum atomic E-state index is 11.9. The summed E-state index contributed by atoms with van der Waals surface area (Å²) in [5.41, 5.74) is 0.575. The molecule has 4 aromatic heterocycles. The van der Waals surface area contributed by atoms with E-state index >= 15 is 0 Å². The van der Waals surface area contributed by atoms with Gasteiger partial charge in [-0.15, -0.1) is 20.4 Å². The van der Waals surface area contributed by atoms with Crippen LogP contribution in [0.25, 0.3) is 0 Å². The zero-order valence-electron chi connectivity index (χ0n) is 55.1. The van der Waals surface area contributed by atoms with Gasteiger partial charge in [-0.2, -0.15) is 0 Å². The number of ketones is 2. The van der Waals surface area contributed by atoms with Crippen molar-refractivity contribution in [2.45, 2.75) is 170 Å². The minimum atomic E-state index is -1.08. The second-order valence-electron chi connectivity index (χ2n) is 22.5. The van der Waals surface area contributed by atoms with Crippen molar-refractivity contribution >= 4 is 59.2 Å². The fourth-order valence-corrected chi connectivity index (χ4v) is 8.53. The van der Waals surface area contributed by atoms with E-state index in [0.717, 1.165) is 31.9 Å². The van der Waals surface area contributed by atoms with Crippen LogP contribution in [-0.2, 0) is 52.5 Å². The van der Waals surface area contributed by atoms with E-state index < -0.39 is 23.8 Å². The molecule has 2 amide bonds. The molecule has 29 nitrogen and oxygen atoms in total. The van der Waals surface area contributed by atoms with Crippen molar-refractivity contribution in [1.82, 2.24) is 56.9 Å². The summed E-state index contributed by atoms with van der Waals surface area (Å²) >= 11 is 0. The normalized spacial score (nSPS) is 18.3. The lowest BCUT2D eigenvalue weighted by Gasteiger charge is -2.27. The van der Waals surface area contributed by atoms with Gasteiger partial charge in [0.2, 0.25) is 29.5 Å². The van der Waals surface area contributed by atoms with E-state index in [0.29, 0.717) is 75.9 Å². The van der Waals surface area contributed by atoms with Crippen molar-refractivity contribution in [3.63, 3.8) is 0 Å². The van der Waals surface area contributed by atoms with Gasteiger partial charge in [0.25, 0.3) is 5.91 Å². The Kier molecular flexibility index (Phi) is 34.8. The summed E-state index contributed by atoms with van der Waals surface area (Å²) in [5, 5.41) is 39.4. The van der Waals surface area contributed by atoms with Crippen LogP contribution in [0.5, 0.6) is 0 Å². The van der Waals surface area contributed by atoms with Gasteiger partial charge in [-0.1, -0.05) is 55.4 Å². The third kappa shape index (κ3) is 26.8. The van der Waals surface area contributed by atoms with Crippen LogP contribution in [0, 0.1) is 17.8 Å². The Hall–Kier alpha value is -8.44. The lowest BCUT2D eigenvalue weighted by molar-refractivity contribution is -0.147. The zero-order chi connectivity index (χ0) is 68.5. The first-order chi connectivity index (χ1) is 43.8.